The summed E-state index contributed by atoms with van der Waals surface area (Å²) >= 11 is 0. The van der Waals surface area contributed by atoms with Gasteiger partial charge in [0.15, 0.2) is 0 Å². The second kappa shape index (κ2) is 10.5. The Morgan fingerprint density at radius 1 is 1.03 bits per heavy atom. The highest BCUT2D eigenvalue weighted by molar-refractivity contribution is 6.99. The van der Waals surface area contributed by atoms with Crippen LogP contribution in [0.4, 0.5) is 0 Å². The van der Waals surface area contributed by atoms with Crippen LogP contribution in [0.2, 0.25) is 5.04 Å². The number of esters is 1. The van der Waals surface area contributed by atoms with Gasteiger partial charge >= 0.3 is 5.97 Å². The molecule has 0 spiro atoms. The highest BCUT2D eigenvalue weighted by Gasteiger charge is 2.49. The van der Waals surface area contributed by atoms with Crippen molar-refractivity contribution in [3.63, 3.8) is 0 Å². The number of methoxy groups -OCH3 is 1. The molecule has 1 N–H and O–H groups in total. The second-order valence-electron chi connectivity index (χ2n) is 9.68. The van der Waals surface area contributed by atoms with Gasteiger partial charge in [-0.15, -0.1) is 0 Å². The fraction of sp³-hybridized carbons (Fsp3) is 0.444. The van der Waals surface area contributed by atoms with Gasteiger partial charge in [0.25, 0.3) is 8.32 Å². The van der Waals surface area contributed by atoms with E-state index in [4.69, 9.17) is 9.16 Å². The smallest absolute Gasteiger partial charge is 0.337 e. The second-order valence-corrected chi connectivity index (χ2v) is 14.0. The van der Waals surface area contributed by atoms with Crippen molar-refractivity contribution in [3.05, 3.63) is 72.0 Å². The van der Waals surface area contributed by atoms with Crippen LogP contribution in [0.25, 0.3) is 0 Å². The highest BCUT2D eigenvalue weighted by atomic mass is 28.4. The summed E-state index contributed by atoms with van der Waals surface area (Å²) in [5.74, 6) is 0.148. The number of rotatable bonds is 8. The van der Waals surface area contributed by atoms with Gasteiger partial charge in [-0.25, -0.2) is 4.79 Å². The van der Waals surface area contributed by atoms with Crippen molar-refractivity contribution in [1.29, 1.82) is 0 Å². The lowest BCUT2D eigenvalue weighted by Crippen LogP contribution is -2.66. The molecule has 0 amide bonds. The van der Waals surface area contributed by atoms with Crippen LogP contribution in [0, 0.1) is 5.92 Å². The third-order valence-electron chi connectivity index (χ3n) is 6.55. The molecule has 0 heterocycles. The Labute approximate surface area is 193 Å². The first-order chi connectivity index (χ1) is 15.3. The Kier molecular flexibility index (Phi) is 7.96. The fourth-order valence-corrected chi connectivity index (χ4v) is 9.54. The van der Waals surface area contributed by atoms with Crippen LogP contribution in [-0.2, 0) is 14.0 Å². The van der Waals surface area contributed by atoms with Gasteiger partial charge in [0.2, 0.25) is 0 Å². The Morgan fingerprint density at radius 2 is 1.59 bits per heavy atom. The standard InChI is InChI=1S/C27H36O4Si/c1-27(2,3)32(22-13-7-5-8-14-22,23-15-9-6-10-16-23)31-19-11-12-21-17-18-25(28)24(20-21)26(29)30-4/h5-10,13-16,21,28H,11-12,17-20H2,1-4H3. The zero-order chi connectivity index (χ0) is 23.2. The van der Waals surface area contributed by atoms with Gasteiger partial charge in [0.1, 0.15) is 5.76 Å². The van der Waals surface area contributed by atoms with Crippen LogP contribution in [0.1, 0.15) is 52.9 Å². The number of hydrogen-bond acceptors (Lipinski definition) is 4. The molecule has 1 unspecified atom stereocenters. The van der Waals surface area contributed by atoms with E-state index in [1.54, 1.807) is 0 Å². The van der Waals surface area contributed by atoms with Crippen LogP contribution in [0.5, 0.6) is 0 Å². The summed E-state index contributed by atoms with van der Waals surface area (Å²) in [6.07, 6.45) is 3.91. The van der Waals surface area contributed by atoms with Crippen molar-refractivity contribution in [1.82, 2.24) is 0 Å². The number of carbonyl (C=O) groups excluding carboxylic acids is 1. The molecule has 0 radical (unpaired) electrons. The molecule has 172 valence electrons. The Morgan fingerprint density at radius 3 is 2.09 bits per heavy atom. The van der Waals surface area contributed by atoms with E-state index in [2.05, 4.69) is 81.4 Å². The van der Waals surface area contributed by atoms with Crippen LogP contribution in [-0.4, -0.2) is 33.1 Å². The van der Waals surface area contributed by atoms with Crippen molar-refractivity contribution in [2.24, 2.45) is 5.92 Å². The molecular weight excluding hydrogens is 416 g/mol. The SMILES string of the molecule is COC(=O)C1=C(O)CCC(CCCO[Si](c2ccccc2)(c2ccccc2)C(C)(C)C)C1. The van der Waals surface area contributed by atoms with Gasteiger partial charge in [0, 0.05) is 13.0 Å². The minimum atomic E-state index is -2.51. The van der Waals surface area contributed by atoms with Crippen molar-refractivity contribution in [3.8, 4) is 0 Å². The summed E-state index contributed by atoms with van der Waals surface area (Å²) in [5.41, 5.74) is 0.441. The molecule has 1 aliphatic rings. The average molecular weight is 453 g/mol. The molecule has 0 aromatic heterocycles. The van der Waals surface area contributed by atoms with Gasteiger partial charge in [-0.3, -0.25) is 0 Å². The molecule has 5 heteroatoms. The maximum absolute atomic E-state index is 11.9. The quantitative estimate of drug-likeness (QED) is 0.343. The molecular formula is C27H36O4Si. The van der Waals surface area contributed by atoms with Crippen molar-refractivity contribution >= 4 is 24.7 Å². The molecule has 3 rings (SSSR count). The van der Waals surface area contributed by atoms with E-state index >= 15 is 0 Å². The molecule has 0 fully saturated rings. The number of aliphatic hydroxyl groups excluding tert-OH is 1. The topological polar surface area (TPSA) is 55.8 Å². The number of aliphatic hydroxyl groups is 1. The fourth-order valence-electron chi connectivity index (χ4n) is 4.93. The summed E-state index contributed by atoms with van der Waals surface area (Å²) in [6.45, 7) is 7.54. The third-order valence-corrected chi connectivity index (χ3v) is 11.6. The number of allylic oxidation sites excluding steroid dienone is 1. The van der Waals surface area contributed by atoms with Crippen molar-refractivity contribution in [2.45, 2.75) is 57.9 Å². The van der Waals surface area contributed by atoms with Crippen LogP contribution in [0.3, 0.4) is 0 Å². The molecule has 1 aliphatic carbocycles. The van der Waals surface area contributed by atoms with E-state index in [1.807, 2.05) is 0 Å². The van der Waals surface area contributed by atoms with Gasteiger partial charge in [-0.1, -0.05) is 81.4 Å². The largest absolute Gasteiger partial charge is 0.512 e. The van der Waals surface area contributed by atoms with E-state index in [0.717, 1.165) is 19.3 Å². The normalized spacial score (nSPS) is 17.3. The first-order valence-corrected chi connectivity index (χ1v) is 13.4. The summed E-state index contributed by atoms with van der Waals surface area (Å²) < 4.78 is 11.8. The van der Waals surface area contributed by atoms with E-state index < -0.39 is 14.3 Å². The molecule has 0 bridgehead atoms. The Hall–Kier alpha value is -2.37. The Bertz CT molecular complexity index is 876. The van der Waals surface area contributed by atoms with E-state index in [0.29, 0.717) is 30.9 Å². The minimum Gasteiger partial charge on any atom is -0.512 e. The lowest BCUT2D eigenvalue weighted by Gasteiger charge is -2.43. The molecule has 1 atom stereocenters. The number of carbonyl (C=O) groups is 1. The zero-order valence-electron chi connectivity index (χ0n) is 19.8. The lowest BCUT2D eigenvalue weighted by atomic mass is 9.85. The highest BCUT2D eigenvalue weighted by Crippen LogP contribution is 2.37. The molecule has 0 saturated carbocycles. The van der Waals surface area contributed by atoms with Gasteiger partial charge < -0.3 is 14.3 Å². The van der Waals surface area contributed by atoms with E-state index in [9.17, 15) is 9.90 Å². The first kappa shape index (κ1) is 24.3. The van der Waals surface area contributed by atoms with Crippen molar-refractivity contribution in [2.75, 3.05) is 13.7 Å². The van der Waals surface area contributed by atoms with E-state index in [-0.39, 0.29) is 10.8 Å². The molecule has 2 aromatic rings. The number of hydrogen-bond donors (Lipinski definition) is 1. The summed E-state index contributed by atoms with van der Waals surface area (Å²) in [7, 11) is -1.14. The predicted octanol–water partition coefficient (Wildman–Crippen LogP) is 5.13. The van der Waals surface area contributed by atoms with Crippen LogP contribution < -0.4 is 10.4 Å². The predicted molar refractivity (Wildman–Crippen MR) is 132 cm³/mol. The summed E-state index contributed by atoms with van der Waals surface area (Å²) in [6, 6.07) is 21.4. The van der Waals surface area contributed by atoms with Gasteiger partial charge in [-0.2, -0.15) is 0 Å². The molecule has 32 heavy (non-hydrogen) atoms. The van der Waals surface area contributed by atoms with Crippen LogP contribution >= 0.6 is 0 Å². The molecule has 0 saturated heterocycles. The van der Waals surface area contributed by atoms with Crippen LogP contribution in [0.15, 0.2) is 72.0 Å². The number of benzene rings is 2. The summed E-state index contributed by atoms with van der Waals surface area (Å²) in [4.78, 5) is 11.9. The zero-order valence-corrected chi connectivity index (χ0v) is 20.8. The van der Waals surface area contributed by atoms with Gasteiger partial charge in [-0.05, 0) is 47.0 Å². The maximum atomic E-state index is 11.9. The lowest BCUT2D eigenvalue weighted by molar-refractivity contribution is -0.136. The van der Waals surface area contributed by atoms with Gasteiger partial charge in [0.05, 0.1) is 12.7 Å². The minimum absolute atomic E-state index is 0.0346. The maximum Gasteiger partial charge on any atom is 0.337 e. The third kappa shape index (κ3) is 5.16. The van der Waals surface area contributed by atoms with Crippen molar-refractivity contribution < 1.29 is 19.1 Å². The first-order valence-electron chi connectivity index (χ1n) is 11.5. The summed E-state index contributed by atoms with van der Waals surface area (Å²) in [5, 5.41) is 12.6. The number of ether oxygens (including phenoxy) is 1. The molecule has 4 nitrogen and oxygen atoms in total. The molecule has 2 aromatic carbocycles. The average Bonchev–Trinajstić information content (AvgIpc) is 2.80. The Balaban J connectivity index is 1.75. The van der Waals surface area contributed by atoms with E-state index in [1.165, 1.54) is 17.5 Å². The molecule has 0 aliphatic heterocycles. The monoisotopic (exact) mass is 452 g/mol.